The molecule has 1 aliphatic rings. The van der Waals surface area contributed by atoms with Crippen molar-refractivity contribution in [3.8, 4) is 17.2 Å². The molecular formula is C24H30N2O5. The molecule has 0 radical (unpaired) electrons. The van der Waals surface area contributed by atoms with E-state index < -0.39 is 5.92 Å². The normalized spacial score (nSPS) is 18.1. The first kappa shape index (κ1) is 22.5. The largest absolute Gasteiger partial charge is 0.493 e. The van der Waals surface area contributed by atoms with Crippen molar-refractivity contribution < 1.29 is 23.8 Å². The van der Waals surface area contributed by atoms with Gasteiger partial charge in [0.25, 0.3) is 5.91 Å². The molecule has 1 aliphatic heterocycles. The zero-order valence-electron chi connectivity index (χ0n) is 18.7. The van der Waals surface area contributed by atoms with Crippen LogP contribution in [0.15, 0.2) is 42.5 Å². The first-order valence-electron chi connectivity index (χ1n) is 10.3. The number of amides is 2. The second-order valence-electron chi connectivity index (χ2n) is 7.91. The summed E-state index contributed by atoms with van der Waals surface area (Å²) in [4.78, 5) is 27.9. The topological polar surface area (TPSA) is 77.1 Å². The van der Waals surface area contributed by atoms with Crippen LogP contribution in [0.3, 0.4) is 0 Å². The summed E-state index contributed by atoms with van der Waals surface area (Å²) in [5, 5.41) is 3.00. The van der Waals surface area contributed by atoms with Gasteiger partial charge in [0.2, 0.25) is 11.7 Å². The van der Waals surface area contributed by atoms with Crippen molar-refractivity contribution in [1.29, 1.82) is 0 Å². The van der Waals surface area contributed by atoms with Crippen molar-refractivity contribution in [2.45, 2.75) is 25.8 Å². The standard InChI is InChI=1S/C24H30N2O5/c1-15(2)25-23(27)19-14-26(24(28)16-9-7-6-8-10-16)13-18(19)17-11-20(29-3)22(31-5)21(12-17)30-4/h6-12,15,18-19H,13-14H2,1-5H3,(H,25,27). The van der Waals surface area contributed by atoms with Crippen LogP contribution in [0.4, 0.5) is 0 Å². The number of rotatable bonds is 7. The van der Waals surface area contributed by atoms with Crippen molar-refractivity contribution in [2.75, 3.05) is 34.4 Å². The monoisotopic (exact) mass is 426 g/mol. The van der Waals surface area contributed by atoms with Gasteiger partial charge in [-0.05, 0) is 43.7 Å². The molecule has 0 aromatic heterocycles. The molecular weight excluding hydrogens is 396 g/mol. The summed E-state index contributed by atoms with van der Waals surface area (Å²) in [7, 11) is 4.67. The molecule has 166 valence electrons. The summed E-state index contributed by atoms with van der Waals surface area (Å²) in [6, 6.07) is 12.9. The van der Waals surface area contributed by atoms with Crippen LogP contribution < -0.4 is 19.5 Å². The van der Waals surface area contributed by atoms with E-state index in [9.17, 15) is 9.59 Å². The quantitative estimate of drug-likeness (QED) is 0.736. The summed E-state index contributed by atoms with van der Waals surface area (Å²) >= 11 is 0. The third kappa shape index (κ3) is 4.76. The van der Waals surface area contributed by atoms with Gasteiger partial charge in [0.15, 0.2) is 11.5 Å². The maximum Gasteiger partial charge on any atom is 0.253 e. The molecule has 1 fully saturated rings. The van der Waals surface area contributed by atoms with Gasteiger partial charge < -0.3 is 24.4 Å². The van der Waals surface area contributed by atoms with E-state index >= 15 is 0 Å². The van der Waals surface area contributed by atoms with Gasteiger partial charge in [-0.25, -0.2) is 0 Å². The molecule has 3 rings (SSSR count). The molecule has 2 aromatic carbocycles. The molecule has 0 spiro atoms. The minimum atomic E-state index is -0.391. The van der Waals surface area contributed by atoms with E-state index in [2.05, 4.69) is 5.32 Å². The van der Waals surface area contributed by atoms with E-state index in [0.717, 1.165) is 5.56 Å². The van der Waals surface area contributed by atoms with Crippen molar-refractivity contribution >= 4 is 11.8 Å². The number of nitrogens with zero attached hydrogens (tertiary/aromatic N) is 1. The fourth-order valence-corrected chi connectivity index (χ4v) is 4.04. The van der Waals surface area contributed by atoms with Crippen molar-refractivity contribution in [3.05, 3.63) is 53.6 Å². The molecule has 2 unspecified atom stereocenters. The van der Waals surface area contributed by atoms with Gasteiger partial charge in [-0.2, -0.15) is 0 Å². The Bertz CT molecular complexity index is 904. The van der Waals surface area contributed by atoms with E-state index in [4.69, 9.17) is 14.2 Å². The summed E-state index contributed by atoms with van der Waals surface area (Å²) in [5.74, 6) is 0.778. The van der Waals surface area contributed by atoms with Crippen LogP contribution in [0.25, 0.3) is 0 Å². The van der Waals surface area contributed by atoms with Gasteiger partial charge >= 0.3 is 0 Å². The molecule has 1 saturated heterocycles. The maximum absolute atomic E-state index is 13.1. The number of hydrogen-bond acceptors (Lipinski definition) is 5. The fraction of sp³-hybridized carbons (Fsp3) is 0.417. The zero-order chi connectivity index (χ0) is 22.5. The summed E-state index contributed by atoms with van der Waals surface area (Å²) < 4.78 is 16.4. The molecule has 2 aromatic rings. The Morgan fingerprint density at radius 1 is 0.968 bits per heavy atom. The van der Waals surface area contributed by atoms with Gasteiger partial charge in [0.05, 0.1) is 27.2 Å². The Kier molecular flexibility index (Phi) is 7.05. The fourth-order valence-electron chi connectivity index (χ4n) is 4.04. The molecule has 31 heavy (non-hydrogen) atoms. The minimum Gasteiger partial charge on any atom is -0.493 e. The minimum absolute atomic E-state index is 0.00645. The summed E-state index contributed by atoms with van der Waals surface area (Å²) in [6.07, 6.45) is 0. The number of ether oxygens (including phenoxy) is 3. The van der Waals surface area contributed by atoms with Gasteiger partial charge in [0, 0.05) is 30.6 Å². The lowest BCUT2D eigenvalue weighted by atomic mass is 9.87. The van der Waals surface area contributed by atoms with Crippen LogP contribution in [0.2, 0.25) is 0 Å². The molecule has 2 atom stereocenters. The van der Waals surface area contributed by atoms with Crippen LogP contribution in [0.5, 0.6) is 17.2 Å². The summed E-state index contributed by atoms with van der Waals surface area (Å²) in [6.45, 7) is 4.61. The van der Waals surface area contributed by atoms with Crippen LogP contribution in [0.1, 0.15) is 35.7 Å². The third-order valence-corrected chi connectivity index (χ3v) is 5.51. The van der Waals surface area contributed by atoms with Crippen molar-refractivity contribution in [2.24, 2.45) is 5.92 Å². The number of carbonyl (C=O) groups excluding carboxylic acids is 2. The van der Waals surface area contributed by atoms with E-state index in [0.29, 0.717) is 35.9 Å². The summed E-state index contributed by atoms with van der Waals surface area (Å²) in [5.41, 5.74) is 1.47. The van der Waals surface area contributed by atoms with E-state index in [1.54, 1.807) is 38.4 Å². The van der Waals surface area contributed by atoms with E-state index in [-0.39, 0.29) is 23.8 Å². The van der Waals surface area contributed by atoms with Crippen LogP contribution >= 0.6 is 0 Å². The number of likely N-dealkylation sites (tertiary alicyclic amines) is 1. The van der Waals surface area contributed by atoms with Crippen molar-refractivity contribution in [3.63, 3.8) is 0 Å². The average molecular weight is 427 g/mol. The van der Waals surface area contributed by atoms with Crippen LogP contribution in [0, 0.1) is 5.92 Å². The molecule has 0 bridgehead atoms. The molecule has 2 amide bonds. The smallest absolute Gasteiger partial charge is 0.253 e. The van der Waals surface area contributed by atoms with E-state index in [1.165, 1.54) is 0 Å². The Balaban J connectivity index is 1.99. The third-order valence-electron chi connectivity index (χ3n) is 5.51. The Morgan fingerprint density at radius 3 is 2.10 bits per heavy atom. The van der Waals surface area contributed by atoms with Gasteiger partial charge in [0.1, 0.15) is 0 Å². The molecule has 7 nitrogen and oxygen atoms in total. The number of carbonyl (C=O) groups is 2. The van der Waals surface area contributed by atoms with Gasteiger partial charge in [-0.15, -0.1) is 0 Å². The van der Waals surface area contributed by atoms with Crippen molar-refractivity contribution in [1.82, 2.24) is 10.2 Å². The lowest BCUT2D eigenvalue weighted by molar-refractivity contribution is -0.125. The van der Waals surface area contributed by atoms with Gasteiger partial charge in [-0.3, -0.25) is 9.59 Å². The molecule has 1 heterocycles. The molecule has 0 aliphatic carbocycles. The number of benzene rings is 2. The van der Waals surface area contributed by atoms with E-state index in [1.807, 2.05) is 44.2 Å². The molecule has 7 heteroatoms. The Hall–Kier alpha value is -3.22. The highest BCUT2D eigenvalue weighted by Crippen LogP contribution is 2.43. The number of methoxy groups -OCH3 is 3. The predicted molar refractivity (Wildman–Crippen MR) is 118 cm³/mol. The molecule has 1 N–H and O–H groups in total. The number of hydrogen-bond donors (Lipinski definition) is 1. The van der Waals surface area contributed by atoms with Gasteiger partial charge in [-0.1, -0.05) is 18.2 Å². The second-order valence-corrected chi connectivity index (χ2v) is 7.91. The highest BCUT2D eigenvalue weighted by molar-refractivity contribution is 5.95. The second kappa shape index (κ2) is 9.73. The SMILES string of the molecule is COc1cc(C2CN(C(=O)c3ccccc3)CC2C(=O)NC(C)C)cc(OC)c1OC. The zero-order valence-corrected chi connectivity index (χ0v) is 18.7. The number of nitrogens with one attached hydrogen (secondary N) is 1. The van der Waals surface area contributed by atoms with Crippen LogP contribution in [-0.2, 0) is 4.79 Å². The highest BCUT2D eigenvalue weighted by atomic mass is 16.5. The average Bonchev–Trinajstić information content (AvgIpc) is 3.23. The highest BCUT2D eigenvalue weighted by Gasteiger charge is 2.41. The Morgan fingerprint density at radius 2 is 1.58 bits per heavy atom. The van der Waals surface area contributed by atoms with Crippen LogP contribution in [-0.4, -0.2) is 57.2 Å². The lowest BCUT2D eigenvalue weighted by Gasteiger charge is -2.21. The first-order valence-corrected chi connectivity index (χ1v) is 10.3. The first-order chi connectivity index (χ1) is 14.9. The maximum atomic E-state index is 13.1. The predicted octanol–water partition coefficient (Wildman–Crippen LogP) is 3.09. The molecule has 0 saturated carbocycles. The lowest BCUT2D eigenvalue weighted by Crippen LogP contribution is -2.39. The Labute approximate surface area is 183 Å².